The monoisotopic (exact) mass is 316 g/mol. The Hall–Kier alpha value is -2.21. The minimum absolute atomic E-state index is 0.0285. The molecule has 0 saturated heterocycles. The first-order valence-electron chi connectivity index (χ1n) is 5.65. The summed E-state index contributed by atoms with van der Waals surface area (Å²) >= 11 is 5.98. The van der Waals surface area contributed by atoms with Crippen molar-refractivity contribution in [2.45, 2.75) is 6.36 Å². The molecule has 2 aromatic carbocycles. The second kappa shape index (κ2) is 5.65. The summed E-state index contributed by atoms with van der Waals surface area (Å²) in [6, 6.07) is 9.26. The summed E-state index contributed by atoms with van der Waals surface area (Å²) in [7, 11) is 0. The van der Waals surface area contributed by atoms with E-state index in [0.717, 1.165) is 12.1 Å². The highest BCUT2D eigenvalue weighted by molar-refractivity contribution is 6.33. The molecular weight excluding hydrogens is 309 g/mol. The second-order valence-electron chi connectivity index (χ2n) is 4.07. The Morgan fingerprint density at radius 1 is 1.10 bits per heavy atom. The number of hydrogen-bond acceptors (Lipinski definition) is 2. The van der Waals surface area contributed by atoms with Crippen LogP contribution in [-0.2, 0) is 0 Å². The van der Waals surface area contributed by atoms with Crippen LogP contribution in [0, 0.1) is 0 Å². The lowest BCUT2D eigenvalue weighted by Crippen LogP contribution is -2.16. The van der Waals surface area contributed by atoms with E-state index in [9.17, 15) is 18.0 Å². The highest BCUT2D eigenvalue weighted by Gasteiger charge is 2.30. The van der Waals surface area contributed by atoms with Gasteiger partial charge in [0.1, 0.15) is 5.75 Å². The molecule has 0 fully saturated rings. The fraction of sp³-hybridized carbons (Fsp3) is 0.0714. The van der Waals surface area contributed by atoms with Crippen molar-refractivity contribution < 1.29 is 27.8 Å². The highest BCUT2D eigenvalue weighted by Crippen LogP contribution is 2.31. The smallest absolute Gasteiger partial charge is 0.478 e. The van der Waals surface area contributed by atoms with Crippen molar-refractivity contribution in [2.24, 2.45) is 0 Å². The SMILES string of the molecule is O=C(O)c1ccc(-c2ccc(OC(F)(F)F)cc2)c(Cl)c1. The van der Waals surface area contributed by atoms with Gasteiger partial charge in [-0.3, -0.25) is 0 Å². The Labute approximate surface area is 122 Å². The van der Waals surface area contributed by atoms with E-state index in [-0.39, 0.29) is 16.3 Å². The quantitative estimate of drug-likeness (QED) is 0.900. The number of hydrogen-bond donors (Lipinski definition) is 1. The Morgan fingerprint density at radius 2 is 1.71 bits per heavy atom. The molecule has 0 atom stereocenters. The van der Waals surface area contributed by atoms with Crippen LogP contribution >= 0.6 is 11.6 Å². The van der Waals surface area contributed by atoms with Crippen LogP contribution in [0.3, 0.4) is 0 Å². The van der Waals surface area contributed by atoms with Crippen LogP contribution in [0.15, 0.2) is 42.5 Å². The predicted molar refractivity (Wildman–Crippen MR) is 70.5 cm³/mol. The molecule has 3 nitrogen and oxygen atoms in total. The summed E-state index contributed by atoms with van der Waals surface area (Å²) in [5, 5.41) is 9.03. The zero-order valence-electron chi connectivity index (χ0n) is 10.3. The van der Waals surface area contributed by atoms with Gasteiger partial charge in [0, 0.05) is 10.6 Å². The molecule has 21 heavy (non-hydrogen) atoms. The van der Waals surface area contributed by atoms with Crippen molar-refractivity contribution >= 4 is 17.6 Å². The Kier molecular flexibility index (Phi) is 4.09. The maximum atomic E-state index is 12.1. The molecule has 0 heterocycles. The molecule has 0 saturated carbocycles. The van der Waals surface area contributed by atoms with E-state index in [2.05, 4.69) is 4.74 Å². The van der Waals surface area contributed by atoms with Crippen LogP contribution in [0.5, 0.6) is 5.75 Å². The summed E-state index contributed by atoms with van der Waals surface area (Å²) < 4.78 is 39.9. The molecule has 1 N–H and O–H groups in total. The fourth-order valence-corrected chi connectivity index (χ4v) is 2.01. The highest BCUT2D eigenvalue weighted by atomic mass is 35.5. The number of halogens is 4. The zero-order valence-corrected chi connectivity index (χ0v) is 11.1. The van der Waals surface area contributed by atoms with Gasteiger partial charge in [-0.25, -0.2) is 4.79 Å². The molecular formula is C14H8ClF3O3. The standard InChI is InChI=1S/C14H8ClF3O3/c15-12-7-9(13(19)20)3-6-11(12)8-1-4-10(5-2-8)21-14(16,17)18/h1-7H,(H,19,20). The van der Waals surface area contributed by atoms with Crippen LogP contribution in [0.2, 0.25) is 5.02 Å². The van der Waals surface area contributed by atoms with Crippen molar-refractivity contribution in [3.05, 3.63) is 53.1 Å². The molecule has 0 aliphatic heterocycles. The second-order valence-corrected chi connectivity index (χ2v) is 4.48. The lowest BCUT2D eigenvalue weighted by atomic mass is 10.0. The van der Waals surface area contributed by atoms with Gasteiger partial charge in [0.15, 0.2) is 0 Å². The van der Waals surface area contributed by atoms with Crippen molar-refractivity contribution in [1.82, 2.24) is 0 Å². The number of alkyl halides is 3. The predicted octanol–water partition coefficient (Wildman–Crippen LogP) is 4.60. The number of rotatable bonds is 3. The maximum absolute atomic E-state index is 12.1. The van der Waals surface area contributed by atoms with Crippen molar-refractivity contribution in [1.29, 1.82) is 0 Å². The third kappa shape index (κ3) is 3.88. The van der Waals surface area contributed by atoms with Gasteiger partial charge >= 0.3 is 12.3 Å². The number of carboxylic acids is 1. The van der Waals surface area contributed by atoms with E-state index in [4.69, 9.17) is 16.7 Å². The molecule has 0 aliphatic carbocycles. The summed E-state index contributed by atoms with van der Waals surface area (Å²) in [6.45, 7) is 0. The number of aromatic carboxylic acids is 1. The van der Waals surface area contributed by atoms with Crippen molar-refractivity contribution in [3.8, 4) is 16.9 Å². The average molecular weight is 317 g/mol. The molecule has 0 aromatic heterocycles. The van der Waals surface area contributed by atoms with Gasteiger partial charge in [0.05, 0.1) is 5.56 Å². The van der Waals surface area contributed by atoms with Gasteiger partial charge in [-0.2, -0.15) is 0 Å². The Balaban J connectivity index is 2.29. The van der Waals surface area contributed by atoms with E-state index < -0.39 is 12.3 Å². The van der Waals surface area contributed by atoms with Gasteiger partial charge < -0.3 is 9.84 Å². The molecule has 0 unspecified atom stereocenters. The number of benzene rings is 2. The van der Waals surface area contributed by atoms with Crippen LogP contribution in [0.25, 0.3) is 11.1 Å². The normalized spacial score (nSPS) is 11.2. The van der Waals surface area contributed by atoms with Gasteiger partial charge in [-0.05, 0) is 29.8 Å². The summed E-state index contributed by atoms with van der Waals surface area (Å²) in [5.74, 6) is -1.46. The van der Waals surface area contributed by atoms with Gasteiger partial charge in [0.25, 0.3) is 0 Å². The summed E-state index contributed by atoms with van der Waals surface area (Å²) in [4.78, 5) is 10.8. The molecule has 2 rings (SSSR count). The number of carbonyl (C=O) groups is 1. The molecule has 2 aromatic rings. The first-order valence-corrected chi connectivity index (χ1v) is 6.03. The molecule has 0 aliphatic rings. The summed E-state index contributed by atoms with van der Waals surface area (Å²) in [5.41, 5.74) is 1.09. The number of carboxylic acid groups (broad SMARTS) is 1. The lowest BCUT2D eigenvalue weighted by Gasteiger charge is -2.10. The van der Waals surface area contributed by atoms with Crippen LogP contribution in [0.1, 0.15) is 10.4 Å². The Morgan fingerprint density at radius 3 is 2.19 bits per heavy atom. The minimum Gasteiger partial charge on any atom is -0.478 e. The molecule has 0 radical (unpaired) electrons. The lowest BCUT2D eigenvalue weighted by molar-refractivity contribution is -0.274. The molecule has 0 spiro atoms. The van der Waals surface area contributed by atoms with Crippen molar-refractivity contribution in [2.75, 3.05) is 0 Å². The largest absolute Gasteiger partial charge is 0.573 e. The molecule has 110 valence electrons. The zero-order chi connectivity index (χ0) is 15.6. The summed E-state index contributed by atoms with van der Waals surface area (Å²) in [6.07, 6.45) is -4.75. The number of ether oxygens (including phenoxy) is 1. The first kappa shape index (κ1) is 15.2. The van der Waals surface area contributed by atoms with E-state index in [0.29, 0.717) is 11.1 Å². The third-order valence-electron chi connectivity index (χ3n) is 2.61. The minimum atomic E-state index is -4.75. The average Bonchev–Trinajstić information content (AvgIpc) is 2.38. The Bertz CT molecular complexity index is 666. The van der Waals surface area contributed by atoms with Crippen molar-refractivity contribution in [3.63, 3.8) is 0 Å². The third-order valence-corrected chi connectivity index (χ3v) is 2.93. The van der Waals surface area contributed by atoms with Gasteiger partial charge in [-0.1, -0.05) is 29.8 Å². The van der Waals surface area contributed by atoms with Crippen LogP contribution < -0.4 is 4.74 Å². The first-order chi connectivity index (χ1) is 9.76. The van der Waals surface area contributed by atoms with Crippen LogP contribution in [0.4, 0.5) is 13.2 Å². The topological polar surface area (TPSA) is 46.5 Å². The van der Waals surface area contributed by atoms with Gasteiger partial charge in [-0.15, -0.1) is 13.2 Å². The van der Waals surface area contributed by atoms with Gasteiger partial charge in [0.2, 0.25) is 0 Å². The molecule has 7 heteroatoms. The van der Waals surface area contributed by atoms with E-state index in [1.807, 2.05) is 0 Å². The van der Waals surface area contributed by atoms with E-state index >= 15 is 0 Å². The molecule has 0 amide bonds. The fourth-order valence-electron chi connectivity index (χ4n) is 1.72. The maximum Gasteiger partial charge on any atom is 0.573 e. The molecule has 0 bridgehead atoms. The van der Waals surface area contributed by atoms with E-state index in [1.54, 1.807) is 0 Å². The van der Waals surface area contributed by atoms with Crippen LogP contribution in [-0.4, -0.2) is 17.4 Å². The van der Waals surface area contributed by atoms with E-state index in [1.165, 1.54) is 30.3 Å².